The third-order valence-electron chi connectivity index (χ3n) is 1.98. The van der Waals surface area contributed by atoms with Gasteiger partial charge in [0.05, 0.1) is 23.8 Å². The molecule has 0 bridgehead atoms. The highest BCUT2D eigenvalue weighted by Crippen LogP contribution is 2.08. The maximum atomic E-state index is 11.8. The summed E-state index contributed by atoms with van der Waals surface area (Å²) < 4.78 is 0. The summed E-state index contributed by atoms with van der Waals surface area (Å²) in [6.45, 7) is 0. The van der Waals surface area contributed by atoms with E-state index in [-0.39, 0.29) is 11.6 Å². The lowest BCUT2D eigenvalue weighted by Gasteiger charge is -2.04. The molecular weight excluding hydrogens is 220 g/mol. The van der Waals surface area contributed by atoms with Crippen LogP contribution in [0.2, 0.25) is 0 Å². The first-order valence-electron chi connectivity index (χ1n) is 4.78. The number of carbonyl (C=O) groups is 1. The number of nitrogens with one attached hydrogen (secondary N) is 2. The van der Waals surface area contributed by atoms with E-state index in [4.69, 9.17) is 5.84 Å². The molecule has 2 heterocycles. The third kappa shape index (κ3) is 2.73. The summed E-state index contributed by atoms with van der Waals surface area (Å²) in [7, 11) is 0. The Bertz CT molecular complexity index is 515. The second-order valence-electron chi connectivity index (χ2n) is 3.16. The molecule has 17 heavy (non-hydrogen) atoms. The van der Waals surface area contributed by atoms with Crippen LogP contribution in [0.5, 0.6) is 0 Å². The number of hydrazine groups is 1. The largest absolute Gasteiger partial charge is 0.324 e. The van der Waals surface area contributed by atoms with E-state index in [0.29, 0.717) is 11.4 Å². The first kappa shape index (κ1) is 11.0. The van der Waals surface area contributed by atoms with Gasteiger partial charge in [0.25, 0.3) is 5.91 Å². The summed E-state index contributed by atoms with van der Waals surface area (Å²) in [5.41, 5.74) is 3.81. The number of nitrogens with zero attached hydrogens (tertiary/aromatic N) is 3. The van der Waals surface area contributed by atoms with E-state index >= 15 is 0 Å². The Balaban J connectivity index is 2.14. The maximum Gasteiger partial charge on any atom is 0.274 e. The number of carbonyl (C=O) groups excluding carboxylic acids is 1. The van der Waals surface area contributed by atoms with E-state index in [1.165, 1.54) is 24.9 Å². The number of hydrogen-bond acceptors (Lipinski definition) is 6. The fraction of sp³-hybridized carbons (Fsp3) is 0. The fourth-order valence-corrected chi connectivity index (χ4v) is 1.20. The van der Waals surface area contributed by atoms with Crippen LogP contribution in [0.25, 0.3) is 0 Å². The Hall–Kier alpha value is -2.54. The van der Waals surface area contributed by atoms with E-state index in [1.807, 2.05) is 0 Å². The van der Waals surface area contributed by atoms with Crippen molar-refractivity contribution in [1.82, 2.24) is 15.0 Å². The van der Waals surface area contributed by atoms with Crippen molar-refractivity contribution in [3.05, 3.63) is 42.7 Å². The Morgan fingerprint density at radius 1 is 1.24 bits per heavy atom. The molecule has 7 heteroatoms. The van der Waals surface area contributed by atoms with Crippen LogP contribution in [-0.4, -0.2) is 20.9 Å². The highest BCUT2D eigenvalue weighted by Gasteiger charge is 2.08. The zero-order valence-electron chi connectivity index (χ0n) is 8.79. The van der Waals surface area contributed by atoms with Crippen LogP contribution in [0.1, 0.15) is 10.5 Å². The Labute approximate surface area is 97.1 Å². The van der Waals surface area contributed by atoms with Gasteiger partial charge in [0.1, 0.15) is 12.0 Å². The quantitative estimate of drug-likeness (QED) is 0.521. The minimum Gasteiger partial charge on any atom is -0.324 e. The van der Waals surface area contributed by atoms with Gasteiger partial charge in [-0.15, -0.1) is 0 Å². The van der Waals surface area contributed by atoms with Gasteiger partial charge in [-0.3, -0.25) is 15.6 Å². The van der Waals surface area contributed by atoms with Gasteiger partial charge in [-0.1, -0.05) is 0 Å². The summed E-state index contributed by atoms with van der Waals surface area (Å²) in [4.78, 5) is 23.3. The van der Waals surface area contributed by atoms with E-state index in [0.717, 1.165) is 0 Å². The standard InChI is InChI=1S/C10H10N6O/c11-16-7-1-2-14-9(3-7)10(17)15-8-4-12-6-13-5-8/h1-6H,11H2,(H,14,16)(H,15,17). The lowest BCUT2D eigenvalue weighted by Crippen LogP contribution is -2.15. The number of pyridine rings is 1. The average Bonchev–Trinajstić information content (AvgIpc) is 2.40. The smallest absolute Gasteiger partial charge is 0.274 e. The number of nitrogens with two attached hydrogens (primary N) is 1. The van der Waals surface area contributed by atoms with Crippen LogP contribution in [0.4, 0.5) is 11.4 Å². The number of nitrogen functional groups attached to an aromatic ring is 1. The molecule has 0 radical (unpaired) electrons. The predicted molar refractivity (Wildman–Crippen MR) is 62.0 cm³/mol. The molecule has 0 atom stereocenters. The van der Waals surface area contributed by atoms with Crippen LogP contribution in [0.15, 0.2) is 37.1 Å². The highest BCUT2D eigenvalue weighted by molar-refractivity contribution is 6.03. The van der Waals surface area contributed by atoms with Gasteiger partial charge in [0.2, 0.25) is 0 Å². The van der Waals surface area contributed by atoms with E-state index in [2.05, 4.69) is 25.7 Å². The molecule has 2 aromatic heterocycles. The number of hydrogen-bond donors (Lipinski definition) is 3. The lowest BCUT2D eigenvalue weighted by atomic mass is 10.3. The van der Waals surface area contributed by atoms with E-state index in [9.17, 15) is 4.79 Å². The van der Waals surface area contributed by atoms with Gasteiger partial charge in [-0.25, -0.2) is 9.97 Å². The zero-order valence-corrected chi connectivity index (χ0v) is 8.79. The third-order valence-corrected chi connectivity index (χ3v) is 1.98. The zero-order chi connectivity index (χ0) is 12.1. The summed E-state index contributed by atoms with van der Waals surface area (Å²) >= 11 is 0. The van der Waals surface area contributed by atoms with E-state index < -0.39 is 0 Å². The van der Waals surface area contributed by atoms with Crippen molar-refractivity contribution in [1.29, 1.82) is 0 Å². The maximum absolute atomic E-state index is 11.8. The van der Waals surface area contributed by atoms with Gasteiger partial charge in [0.15, 0.2) is 0 Å². The molecule has 0 saturated heterocycles. The van der Waals surface area contributed by atoms with Gasteiger partial charge >= 0.3 is 0 Å². The van der Waals surface area contributed by atoms with Gasteiger partial charge < -0.3 is 10.7 Å². The molecule has 7 nitrogen and oxygen atoms in total. The number of amides is 1. The molecule has 2 rings (SSSR count). The molecule has 0 unspecified atom stereocenters. The van der Waals surface area contributed by atoms with Crippen molar-refractivity contribution >= 4 is 17.3 Å². The molecular formula is C10H10N6O. The van der Waals surface area contributed by atoms with Crippen molar-refractivity contribution in [2.45, 2.75) is 0 Å². The Morgan fingerprint density at radius 3 is 2.71 bits per heavy atom. The van der Waals surface area contributed by atoms with Crippen LogP contribution in [-0.2, 0) is 0 Å². The van der Waals surface area contributed by atoms with Crippen LogP contribution >= 0.6 is 0 Å². The fourth-order valence-electron chi connectivity index (χ4n) is 1.20. The Morgan fingerprint density at radius 2 is 2.00 bits per heavy atom. The first-order chi connectivity index (χ1) is 8.29. The van der Waals surface area contributed by atoms with Crippen LogP contribution < -0.4 is 16.6 Å². The molecule has 0 aliphatic heterocycles. The topological polar surface area (TPSA) is 106 Å². The molecule has 0 aromatic carbocycles. The molecule has 0 saturated carbocycles. The monoisotopic (exact) mass is 230 g/mol. The molecule has 2 aromatic rings. The van der Waals surface area contributed by atoms with Crippen molar-refractivity contribution in [3.63, 3.8) is 0 Å². The minimum absolute atomic E-state index is 0.254. The number of aromatic nitrogens is 3. The lowest BCUT2D eigenvalue weighted by molar-refractivity contribution is 0.102. The number of anilines is 2. The van der Waals surface area contributed by atoms with Gasteiger partial charge in [-0.05, 0) is 12.1 Å². The number of rotatable bonds is 3. The molecule has 86 valence electrons. The molecule has 0 aliphatic rings. The second kappa shape index (κ2) is 4.99. The van der Waals surface area contributed by atoms with Gasteiger partial charge in [-0.2, -0.15) is 0 Å². The molecule has 0 spiro atoms. The average molecular weight is 230 g/mol. The molecule has 4 N–H and O–H groups in total. The predicted octanol–water partition coefficient (Wildman–Crippen LogP) is 0.409. The van der Waals surface area contributed by atoms with Gasteiger partial charge in [0, 0.05) is 6.20 Å². The summed E-state index contributed by atoms with van der Waals surface area (Å²) in [6.07, 6.45) is 5.87. The summed E-state index contributed by atoms with van der Waals surface area (Å²) in [6, 6.07) is 3.20. The molecule has 0 aliphatic carbocycles. The minimum atomic E-state index is -0.350. The van der Waals surface area contributed by atoms with Crippen molar-refractivity contribution < 1.29 is 4.79 Å². The van der Waals surface area contributed by atoms with Crippen molar-refractivity contribution in [2.75, 3.05) is 10.7 Å². The SMILES string of the molecule is NNc1ccnc(C(=O)Nc2cncnc2)c1. The summed E-state index contributed by atoms with van der Waals surface area (Å²) in [5.74, 6) is 4.89. The molecule has 1 amide bonds. The highest BCUT2D eigenvalue weighted by atomic mass is 16.1. The molecule has 0 fully saturated rings. The summed E-state index contributed by atoms with van der Waals surface area (Å²) in [5, 5.41) is 2.61. The van der Waals surface area contributed by atoms with E-state index in [1.54, 1.807) is 12.1 Å². The second-order valence-corrected chi connectivity index (χ2v) is 3.16. The van der Waals surface area contributed by atoms with Crippen LogP contribution in [0.3, 0.4) is 0 Å². The first-order valence-corrected chi connectivity index (χ1v) is 4.78. The van der Waals surface area contributed by atoms with Crippen LogP contribution in [0, 0.1) is 0 Å². The normalized spacial score (nSPS) is 9.71. The van der Waals surface area contributed by atoms with Crippen molar-refractivity contribution in [2.24, 2.45) is 5.84 Å². The van der Waals surface area contributed by atoms with Crippen molar-refractivity contribution in [3.8, 4) is 0 Å². The Kier molecular flexibility index (Phi) is 3.22.